The van der Waals surface area contributed by atoms with Gasteiger partial charge in [0.15, 0.2) is 5.96 Å². The third-order valence-electron chi connectivity index (χ3n) is 4.06. The summed E-state index contributed by atoms with van der Waals surface area (Å²) in [7, 11) is 0. The van der Waals surface area contributed by atoms with Crippen LogP contribution in [0.15, 0.2) is 35.3 Å². The Morgan fingerprint density at radius 2 is 1.91 bits per heavy atom. The average molecular weight is 328 g/mol. The van der Waals surface area contributed by atoms with Crippen molar-refractivity contribution in [2.24, 2.45) is 4.99 Å². The molecule has 1 saturated heterocycles. The van der Waals surface area contributed by atoms with Crippen LogP contribution in [0.2, 0.25) is 0 Å². The second-order valence-corrected chi connectivity index (χ2v) is 7.21. The van der Waals surface area contributed by atoms with Crippen molar-refractivity contribution in [3.8, 4) is 0 Å². The van der Waals surface area contributed by atoms with E-state index in [1.54, 1.807) is 11.3 Å². The molecule has 0 spiro atoms. The summed E-state index contributed by atoms with van der Waals surface area (Å²) >= 11 is 1.74. The molecule has 0 atom stereocenters. The fraction of sp³-hybridized carbons (Fsp3) is 0.444. The number of para-hydroxylation sites is 1. The number of guanidine groups is 1. The van der Waals surface area contributed by atoms with Gasteiger partial charge in [0.2, 0.25) is 0 Å². The number of aromatic nitrogens is 1. The van der Waals surface area contributed by atoms with Crippen LogP contribution in [0.25, 0.3) is 0 Å². The van der Waals surface area contributed by atoms with Crippen LogP contribution in [0.4, 0.5) is 5.69 Å². The van der Waals surface area contributed by atoms with Crippen LogP contribution in [0.5, 0.6) is 0 Å². The molecule has 5 heteroatoms. The van der Waals surface area contributed by atoms with E-state index in [2.05, 4.69) is 41.2 Å². The number of hydrogen-bond donors (Lipinski definition) is 1. The van der Waals surface area contributed by atoms with Crippen LogP contribution in [0, 0.1) is 13.8 Å². The number of nitrogens with one attached hydrogen (secondary N) is 1. The lowest BCUT2D eigenvalue weighted by molar-refractivity contribution is 0.340. The van der Waals surface area contributed by atoms with Gasteiger partial charge in [0.1, 0.15) is 0 Å². The van der Waals surface area contributed by atoms with Gasteiger partial charge in [-0.25, -0.2) is 9.98 Å². The van der Waals surface area contributed by atoms with Crippen molar-refractivity contribution >= 4 is 23.0 Å². The van der Waals surface area contributed by atoms with Crippen molar-refractivity contribution in [3.05, 3.63) is 45.9 Å². The maximum absolute atomic E-state index is 4.89. The first-order valence-electron chi connectivity index (χ1n) is 8.27. The van der Waals surface area contributed by atoms with Gasteiger partial charge < -0.3 is 10.2 Å². The van der Waals surface area contributed by atoms with E-state index < -0.39 is 0 Å². The highest BCUT2D eigenvalue weighted by molar-refractivity contribution is 7.11. The van der Waals surface area contributed by atoms with Crippen molar-refractivity contribution in [2.45, 2.75) is 39.7 Å². The number of rotatable bonds is 3. The predicted molar refractivity (Wildman–Crippen MR) is 98.2 cm³/mol. The lowest BCUT2D eigenvalue weighted by Crippen LogP contribution is -2.40. The van der Waals surface area contributed by atoms with Crippen LogP contribution < -0.4 is 5.32 Å². The third kappa shape index (κ3) is 4.32. The van der Waals surface area contributed by atoms with Crippen molar-refractivity contribution in [2.75, 3.05) is 18.4 Å². The van der Waals surface area contributed by atoms with Gasteiger partial charge >= 0.3 is 0 Å². The molecule has 23 heavy (non-hydrogen) atoms. The zero-order chi connectivity index (χ0) is 16.1. The molecule has 1 aliphatic rings. The number of aliphatic imine (C=N–C) groups is 1. The molecule has 0 aliphatic carbocycles. The molecule has 0 radical (unpaired) electrons. The fourth-order valence-electron chi connectivity index (χ4n) is 2.84. The summed E-state index contributed by atoms with van der Waals surface area (Å²) in [6.07, 6.45) is 3.81. The topological polar surface area (TPSA) is 40.5 Å². The van der Waals surface area contributed by atoms with E-state index in [9.17, 15) is 0 Å². The second kappa shape index (κ2) is 7.59. The van der Waals surface area contributed by atoms with Gasteiger partial charge in [-0.2, -0.15) is 0 Å². The summed E-state index contributed by atoms with van der Waals surface area (Å²) in [6, 6.07) is 10.3. The summed E-state index contributed by atoms with van der Waals surface area (Å²) in [6.45, 7) is 6.99. The normalized spacial score (nSPS) is 15.7. The van der Waals surface area contributed by atoms with Crippen molar-refractivity contribution in [1.82, 2.24) is 9.88 Å². The number of likely N-dealkylation sites (tertiary alicyclic amines) is 1. The number of thiazole rings is 1. The Bertz CT molecular complexity index is 657. The van der Waals surface area contributed by atoms with E-state index in [1.807, 2.05) is 18.2 Å². The van der Waals surface area contributed by atoms with Gasteiger partial charge in [-0.05, 0) is 45.2 Å². The summed E-state index contributed by atoms with van der Waals surface area (Å²) in [5, 5.41) is 4.62. The summed E-state index contributed by atoms with van der Waals surface area (Å²) in [4.78, 5) is 13.0. The SMILES string of the molecule is Cc1nc(C)c(CN=C(Nc2ccccc2)N2CCCCC2)s1. The molecule has 2 heterocycles. The number of hydrogen-bond acceptors (Lipinski definition) is 3. The number of aryl methyl sites for hydroxylation is 2. The van der Waals surface area contributed by atoms with Crippen LogP contribution in [-0.4, -0.2) is 28.9 Å². The Morgan fingerprint density at radius 1 is 1.17 bits per heavy atom. The molecule has 2 aromatic rings. The third-order valence-corrected chi connectivity index (χ3v) is 5.12. The fourth-order valence-corrected chi connectivity index (χ4v) is 3.70. The lowest BCUT2D eigenvalue weighted by atomic mass is 10.1. The first kappa shape index (κ1) is 16.0. The zero-order valence-corrected chi connectivity index (χ0v) is 14.7. The Morgan fingerprint density at radius 3 is 2.57 bits per heavy atom. The highest BCUT2D eigenvalue weighted by Crippen LogP contribution is 2.19. The Labute approximate surface area is 142 Å². The molecule has 1 aromatic heterocycles. The van der Waals surface area contributed by atoms with E-state index >= 15 is 0 Å². The number of nitrogens with zero attached hydrogens (tertiary/aromatic N) is 3. The Kier molecular flexibility index (Phi) is 5.28. The van der Waals surface area contributed by atoms with Gasteiger partial charge in [-0.1, -0.05) is 18.2 Å². The number of benzene rings is 1. The zero-order valence-electron chi connectivity index (χ0n) is 13.9. The molecular formula is C18H24N4S. The van der Waals surface area contributed by atoms with Crippen molar-refractivity contribution in [1.29, 1.82) is 0 Å². The second-order valence-electron chi connectivity index (χ2n) is 5.92. The van der Waals surface area contributed by atoms with Crippen LogP contribution in [0.3, 0.4) is 0 Å². The molecule has 0 bridgehead atoms. The molecule has 1 N–H and O–H groups in total. The van der Waals surface area contributed by atoms with Gasteiger partial charge in [-0.15, -0.1) is 11.3 Å². The molecule has 122 valence electrons. The first-order valence-corrected chi connectivity index (χ1v) is 9.08. The van der Waals surface area contributed by atoms with Crippen LogP contribution >= 0.6 is 11.3 Å². The van der Waals surface area contributed by atoms with E-state index in [4.69, 9.17) is 4.99 Å². The summed E-state index contributed by atoms with van der Waals surface area (Å²) in [5.74, 6) is 0.987. The van der Waals surface area contributed by atoms with Crippen molar-refractivity contribution < 1.29 is 0 Å². The Balaban J connectivity index is 1.78. The van der Waals surface area contributed by atoms with Gasteiger partial charge in [-0.3, -0.25) is 0 Å². The summed E-state index contributed by atoms with van der Waals surface area (Å²) < 4.78 is 0. The largest absolute Gasteiger partial charge is 0.343 e. The summed E-state index contributed by atoms with van der Waals surface area (Å²) in [5.41, 5.74) is 2.20. The molecule has 0 saturated carbocycles. The molecule has 1 aliphatic heterocycles. The number of piperidine rings is 1. The van der Waals surface area contributed by atoms with Crippen molar-refractivity contribution in [3.63, 3.8) is 0 Å². The standard InChI is InChI=1S/C18H24N4S/c1-14-17(23-15(2)20-14)13-19-18(22-11-7-4-8-12-22)21-16-9-5-3-6-10-16/h3,5-6,9-10H,4,7-8,11-13H2,1-2H3,(H,19,21). The van der Waals surface area contributed by atoms with Gasteiger partial charge in [0.05, 0.1) is 17.2 Å². The quantitative estimate of drug-likeness (QED) is 0.677. The van der Waals surface area contributed by atoms with E-state index in [-0.39, 0.29) is 0 Å². The maximum Gasteiger partial charge on any atom is 0.198 e. The molecule has 1 aromatic carbocycles. The van der Waals surface area contributed by atoms with Gasteiger partial charge in [0.25, 0.3) is 0 Å². The minimum atomic E-state index is 0.697. The molecule has 4 nitrogen and oxygen atoms in total. The monoisotopic (exact) mass is 328 g/mol. The van der Waals surface area contributed by atoms with Crippen LogP contribution in [-0.2, 0) is 6.54 Å². The van der Waals surface area contributed by atoms with E-state index in [0.29, 0.717) is 6.54 Å². The highest BCUT2D eigenvalue weighted by Gasteiger charge is 2.15. The smallest absolute Gasteiger partial charge is 0.198 e. The highest BCUT2D eigenvalue weighted by atomic mass is 32.1. The molecule has 1 fully saturated rings. The average Bonchev–Trinajstić information content (AvgIpc) is 2.91. The number of anilines is 1. The molecule has 0 unspecified atom stereocenters. The molecule has 0 amide bonds. The maximum atomic E-state index is 4.89. The van der Waals surface area contributed by atoms with Gasteiger partial charge in [0, 0.05) is 23.7 Å². The molecule has 3 rings (SSSR count). The first-order chi connectivity index (χ1) is 11.2. The Hall–Kier alpha value is -1.88. The van der Waals surface area contributed by atoms with E-state index in [1.165, 1.54) is 24.1 Å². The minimum absolute atomic E-state index is 0.697. The minimum Gasteiger partial charge on any atom is -0.343 e. The molecular weight excluding hydrogens is 304 g/mol. The predicted octanol–water partition coefficient (Wildman–Crippen LogP) is 4.21. The lowest BCUT2D eigenvalue weighted by Gasteiger charge is -2.30. The van der Waals surface area contributed by atoms with E-state index in [0.717, 1.165) is 35.4 Å². The van der Waals surface area contributed by atoms with Crippen LogP contribution in [0.1, 0.15) is 34.8 Å².